The number of guanidine groups is 1. The number of aliphatic imine (C=N–C) groups is 1. The summed E-state index contributed by atoms with van der Waals surface area (Å²) < 4.78 is 0. The molecule has 0 amide bonds. The molecule has 22 heavy (non-hydrogen) atoms. The predicted molar refractivity (Wildman–Crippen MR) is 104 cm³/mol. The third-order valence-electron chi connectivity index (χ3n) is 3.84. The molecule has 0 radical (unpaired) electrons. The van der Waals surface area contributed by atoms with Gasteiger partial charge in [-0.05, 0) is 37.0 Å². The molecule has 1 aliphatic carbocycles. The first-order valence-corrected chi connectivity index (χ1v) is 7.77. The maximum atomic E-state index is 10.1. The van der Waals surface area contributed by atoms with E-state index in [0.29, 0.717) is 23.1 Å². The lowest BCUT2D eigenvalue weighted by Gasteiger charge is -2.37. The van der Waals surface area contributed by atoms with Crippen LogP contribution in [-0.2, 0) is 6.54 Å². The highest BCUT2D eigenvalue weighted by Crippen LogP contribution is 2.30. The maximum absolute atomic E-state index is 10.1. The molecule has 7 heteroatoms. The second kappa shape index (κ2) is 8.57. The molecule has 0 saturated heterocycles. The van der Waals surface area contributed by atoms with Crippen LogP contribution >= 0.6 is 47.2 Å². The molecule has 0 atom stereocenters. The molecule has 0 aliphatic heterocycles. The Hall–Kier alpha value is -0.240. The standard InChI is InChI=1S/C15H21Cl2N3O.HI/c1-18-14(19-10-15(21)6-3-7-15)20(2)9-11-4-5-12(16)13(17)8-11;/h4-5,8,21H,3,6-7,9-10H2,1-2H3,(H,18,19);1H. The van der Waals surface area contributed by atoms with Gasteiger partial charge in [0, 0.05) is 27.2 Å². The third kappa shape index (κ3) is 5.15. The van der Waals surface area contributed by atoms with Crippen molar-refractivity contribution >= 4 is 53.1 Å². The molecule has 124 valence electrons. The van der Waals surface area contributed by atoms with Gasteiger partial charge in [0.2, 0.25) is 0 Å². The normalized spacial score (nSPS) is 16.5. The largest absolute Gasteiger partial charge is 0.388 e. The first-order chi connectivity index (χ1) is 9.93. The number of hydrogen-bond donors (Lipinski definition) is 2. The van der Waals surface area contributed by atoms with Crippen LogP contribution in [0.1, 0.15) is 24.8 Å². The molecule has 0 spiro atoms. The van der Waals surface area contributed by atoms with Crippen LogP contribution in [0, 0.1) is 0 Å². The van der Waals surface area contributed by atoms with Crippen LogP contribution in [0.15, 0.2) is 23.2 Å². The topological polar surface area (TPSA) is 47.9 Å². The van der Waals surface area contributed by atoms with Crippen LogP contribution in [-0.4, -0.2) is 42.2 Å². The highest BCUT2D eigenvalue weighted by Gasteiger charge is 2.34. The number of hydrogen-bond acceptors (Lipinski definition) is 2. The van der Waals surface area contributed by atoms with Crippen LogP contribution in [0.2, 0.25) is 10.0 Å². The van der Waals surface area contributed by atoms with E-state index >= 15 is 0 Å². The van der Waals surface area contributed by atoms with Crippen LogP contribution in [0.4, 0.5) is 0 Å². The highest BCUT2D eigenvalue weighted by molar-refractivity contribution is 14.0. The molecule has 0 heterocycles. The molecule has 0 unspecified atom stereocenters. The van der Waals surface area contributed by atoms with Gasteiger partial charge in [0.25, 0.3) is 0 Å². The summed E-state index contributed by atoms with van der Waals surface area (Å²) in [4.78, 5) is 6.23. The lowest BCUT2D eigenvalue weighted by Crippen LogP contribution is -2.50. The quantitative estimate of drug-likeness (QED) is 0.413. The molecule has 1 aromatic carbocycles. The molecular weight excluding hydrogens is 436 g/mol. The van der Waals surface area contributed by atoms with Crippen LogP contribution in [0.3, 0.4) is 0 Å². The summed E-state index contributed by atoms with van der Waals surface area (Å²) in [6.07, 6.45) is 2.80. The zero-order chi connectivity index (χ0) is 15.5. The van der Waals surface area contributed by atoms with E-state index < -0.39 is 5.60 Å². The maximum Gasteiger partial charge on any atom is 0.193 e. The van der Waals surface area contributed by atoms with Gasteiger partial charge in [-0.1, -0.05) is 29.3 Å². The van der Waals surface area contributed by atoms with Gasteiger partial charge in [-0.25, -0.2) is 0 Å². The Kier molecular flexibility index (Phi) is 7.71. The molecule has 1 saturated carbocycles. The van der Waals surface area contributed by atoms with Gasteiger partial charge in [0.1, 0.15) is 0 Å². The van der Waals surface area contributed by atoms with Crippen molar-refractivity contribution in [1.29, 1.82) is 0 Å². The van der Waals surface area contributed by atoms with Gasteiger partial charge in [0.15, 0.2) is 5.96 Å². The second-order valence-electron chi connectivity index (χ2n) is 5.58. The Balaban J connectivity index is 0.00000242. The van der Waals surface area contributed by atoms with Crippen molar-refractivity contribution in [2.75, 3.05) is 20.6 Å². The summed E-state index contributed by atoms with van der Waals surface area (Å²) in [5.41, 5.74) is 0.484. The Morgan fingerprint density at radius 1 is 1.36 bits per heavy atom. The molecule has 2 N–H and O–H groups in total. The first-order valence-electron chi connectivity index (χ1n) is 7.02. The van der Waals surface area contributed by atoms with Crippen molar-refractivity contribution < 1.29 is 5.11 Å². The molecule has 0 aromatic heterocycles. The number of aliphatic hydroxyl groups is 1. The number of nitrogens with one attached hydrogen (secondary N) is 1. The van der Waals surface area contributed by atoms with E-state index in [1.54, 1.807) is 13.1 Å². The number of rotatable bonds is 4. The van der Waals surface area contributed by atoms with Crippen LogP contribution < -0.4 is 5.32 Å². The van der Waals surface area contributed by atoms with E-state index in [9.17, 15) is 5.11 Å². The summed E-state index contributed by atoms with van der Waals surface area (Å²) >= 11 is 11.9. The molecule has 0 bridgehead atoms. The molecule has 1 fully saturated rings. The molecular formula is C15H22Cl2IN3O. The molecule has 2 rings (SSSR count). The van der Waals surface area contributed by atoms with E-state index in [1.165, 1.54) is 0 Å². The zero-order valence-corrected chi connectivity index (χ0v) is 16.6. The number of benzene rings is 1. The van der Waals surface area contributed by atoms with Crippen LogP contribution in [0.5, 0.6) is 0 Å². The predicted octanol–water partition coefficient (Wildman–Crippen LogP) is 3.53. The molecule has 1 aromatic rings. The van der Waals surface area contributed by atoms with Crippen molar-refractivity contribution in [3.63, 3.8) is 0 Å². The van der Waals surface area contributed by atoms with E-state index in [-0.39, 0.29) is 24.0 Å². The van der Waals surface area contributed by atoms with Crippen molar-refractivity contribution in [2.24, 2.45) is 4.99 Å². The summed E-state index contributed by atoms with van der Waals surface area (Å²) in [7, 11) is 3.68. The zero-order valence-electron chi connectivity index (χ0n) is 12.8. The fourth-order valence-electron chi connectivity index (χ4n) is 2.38. The van der Waals surface area contributed by atoms with Crippen molar-refractivity contribution in [1.82, 2.24) is 10.2 Å². The summed E-state index contributed by atoms with van der Waals surface area (Å²) in [6.45, 7) is 1.19. The Morgan fingerprint density at radius 3 is 2.55 bits per heavy atom. The second-order valence-corrected chi connectivity index (χ2v) is 6.40. The Bertz CT molecular complexity index is 536. The molecule has 1 aliphatic rings. The fraction of sp³-hybridized carbons (Fsp3) is 0.533. The average molecular weight is 458 g/mol. The minimum atomic E-state index is -0.569. The van der Waals surface area contributed by atoms with Crippen molar-refractivity contribution in [2.45, 2.75) is 31.4 Å². The monoisotopic (exact) mass is 457 g/mol. The molecule has 4 nitrogen and oxygen atoms in total. The summed E-state index contributed by atoms with van der Waals surface area (Å²) in [5, 5.41) is 14.5. The smallest absolute Gasteiger partial charge is 0.193 e. The number of halogens is 3. The first kappa shape index (κ1) is 19.8. The lowest BCUT2D eigenvalue weighted by atomic mass is 9.80. The van der Waals surface area contributed by atoms with Crippen LogP contribution in [0.25, 0.3) is 0 Å². The van der Waals surface area contributed by atoms with E-state index in [2.05, 4.69) is 10.3 Å². The van der Waals surface area contributed by atoms with Crippen molar-refractivity contribution in [3.8, 4) is 0 Å². The van der Waals surface area contributed by atoms with E-state index in [1.807, 2.05) is 24.1 Å². The summed E-state index contributed by atoms with van der Waals surface area (Å²) in [5.74, 6) is 0.751. The average Bonchev–Trinajstić information content (AvgIpc) is 2.41. The summed E-state index contributed by atoms with van der Waals surface area (Å²) in [6, 6.07) is 5.59. The highest BCUT2D eigenvalue weighted by atomic mass is 127. The Labute approximate surface area is 158 Å². The minimum Gasteiger partial charge on any atom is -0.388 e. The Morgan fingerprint density at radius 2 is 2.05 bits per heavy atom. The van der Waals surface area contributed by atoms with Gasteiger partial charge in [0.05, 0.1) is 15.6 Å². The van der Waals surface area contributed by atoms with Gasteiger partial charge < -0.3 is 15.3 Å². The van der Waals surface area contributed by atoms with Gasteiger partial charge in [-0.3, -0.25) is 4.99 Å². The van der Waals surface area contributed by atoms with E-state index in [0.717, 1.165) is 30.8 Å². The lowest BCUT2D eigenvalue weighted by molar-refractivity contribution is -0.0282. The fourth-order valence-corrected chi connectivity index (χ4v) is 2.70. The van der Waals surface area contributed by atoms with Gasteiger partial charge in [-0.2, -0.15) is 0 Å². The van der Waals surface area contributed by atoms with Gasteiger partial charge in [-0.15, -0.1) is 24.0 Å². The number of nitrogens with zero attached hydrogens (tertiary/aromatic N) is 2. The van der Waals surface area contributed by atoms with Gasteiger partial charge >= 0.3 is 0 Å². The third-order valence-corrected chi connectivity index (χ3v) is 4.58. The van der Waals surface area contributed by atoms with E-state index in [4.69, 9.17) is 23.2 Å². The van der Waals surface area contributed by atoms with Crippen molar-refractivity contribution in [3.05, 3.63) is 33.8 Å². The SMILES string of the molecule is CN=C(NCC1(O)CCC1)N(C)Cc1ccc(Cl)c(Cl)c1.I. The minimum absolute atomic E-state index is 0.